The van der Waals surface area contributed by atoms with Crippen molar-refractivity contribution in [3.63, 3.8) is 0 Å². The highest BCUT2D eigenvalue weighted by atomic mass is 16.5. The van der Waals surface area contributed by atoms with E-state index in [1.54, 1.807) is 0 Å². The monoisotopic (exact) mass is 214 g/mol. The Bertz CT molecular complexity index is 221. The Kier molecular flexibility index (Phi) is 3.43. The van der Waals surface area contributed by atoms with E-state index in [0.717, 1.165) is 32.7 Å². The standard InChI is InChI=1S/C10H18N2O3/c13-10(14)12-5-3-11(4-6-12)8-9-2-1-7-15-9/h9H,1-8H2,(H,13,14). The number of ether oxygens (including phenoxy) is 1. The van der Waals surface area contributed by atoms with Crippen LogP contribution >= 0.6 is 0 Å². The van der Waals surface area contributed by atoms with Crippen molar-refractivity contribution >= 4 is 6.09 Å². The van der Waals surface area contributed by atoms with Crippen LogP contribution in [0.15, 0.2) is 0 Å². The summed E-state index contributed by atoms with van der Waals surface area (Å²) in [6.45, 7) is 4.79. The van der Waals surface area contributed by atoms with E-state index in [1.807, 2.05) is 0 Å². The van der Waals surface area contributed by atoms with Gasteiger partial charge < -0.3 is 14.7 Å². The summed E-state index contributed by atoms with van der Waals surface area (Å²) < 4.78 is 5.56. The van der Waals surface area contributed by atoms with Gasteiger partial charge in [0.15, 0.2) is 0 Å². The van der Waals surface area contributed by atoms with Gasteiger partial charge in [-0.15, -0.1) is 0 Å². The third-order valence-electron chi connectivity index (χ3n) is 3.13. The van der Waals surface area contributed by atoms with Gasteiger partial charge in [0.05, 0.1) is 6.10 Å². The van der Waals surface area contributed by atoms with E-state index in [1.165, 1.54) is 11.3 Å². The van der Waals surface area contributed by atoms with Crippen LogP contribution in [-0.2, 0) is 4.74 Å². The normalized spacial score (nSPS) is 28.3. The van der Waals surface area contributed by atoms with Gasteiger partial charge in [0, 0.05) is 39.3 Å². The van der Waals surface area contributed by atoms with Gasteiger partial charge in [0.2, 0.25) is 0 Å². The molecule has 0 radical (unpaired) electrons. The summed E-state index contributed by atoms with van der Waals surface area (Å²) in [7, 11) is 0. The van der Waals surface area contributed by atoms with Gasteiger partial charge in [-0.25, -0.2) is 4.79 Å². The molecule has 0 aromatic rings. The van der Waals surface area contributed by atoms with Gasteiger partial charge in [-0.3, -0.25) is 4.90 Å². The molecule has 1 amide bonds. The predicted molar refractivity (Wildman–Crippen MR) is 55.0 cm³/mol. The molecule has 0 aromatic carbocycles. The molecule has 2 heterocycles. The van der Waals surface area contributed by atoms with Crippen molar-refractivity contribution in [3.05, 3.63) is 0 Å². The number of nitrogens with zero attached hydrogens (tertiary/aromatic N) is 2. The smallest absolute Gasteiger partial charge is 0.407 e. The van der Waals surface area contributed by atoms with E-state index >= 15 is 0 Å². The number of piperazine rings is 1. The lowest BCUT2D eigenvalue weighted by Crippen LogP contribution is -2.49. The van der Waals surface area contributed by atoms with Gasteiger partial charge in [0.25, 0.3) is 0 Å². The number of amides is 1. The van der Waals surface area contributed by atoms with Gasteiger partial charge in [-0.05, 0) is 12.8 Å². The molecule has 1 atom stereocenters. The maximum atomic E-state index is 10.7. The van der Waals surface area contributed by atoms with Crippen LogP contribution in [-0.4, -0.2) is 66.4 Å². The van der Waals surface area contributed by atoms with Crippen LogP contribution in [0.25, 0.3) is 0 Å². The van der Waals surface area contributed by atoms with E-state index in [2.05, 4.69) is 4.90 Å². The highest BCUT2D eigenvalue weighted by molar-refractivity contribution is 5.65. The summed E-state index contributed by atoms with van der Waals surface area (Å²) in [5.41, 5.74) is 0. The van der Waals surface area contributed by atoms with Crippen LogP contribution < -0.4 is 0 Å². The fourth-order valence-corrected chi connectivity index (χ4v) is 2.20. The number of carboxylic acid groups (broad SMARTS) is 1. The summed E-state index contributed by atoms with van der Waals surface area (Å²) in [5.74, 6) is 0. The molecule has 2 fully saturated rings. The number of hydrogen-bond donors (Lipinski definition) is 1. The Balaban J connectivity index is 1.71. The van der Waals surface area contributed by atoms with Crippen LogP contribution in [0.3, 0.4) is 0 Å². The zero-order valence-corrected chi connectivity index (χ0v) is 8.89. The molecule has 15 heavy (non-hydrogen) atoms. The molecular formula is C10H18N2O3. The molecule has 86 valence electrons. The fourth-order valence-electron chi connectivity index (χ4n) is 2.20. The molecule has 2 aliphatic rings. The molecule has 0 aromatic heterocycles. The van der Waals surface area contributed by atoms with Crippen LogP contribution in [0.2, 0.25) is 0 Å². The van der Waals surface area contributed by atoms with Crippen LogP contribution in [0.1, 0.15) is 12.8 Å². The molecule has 2 aliphatic heterocycles. The lowest BCUT2D eigenvalue weighted by molar-refractivity contribution is 0.0505. The highest BCUT2D eigenvalue weighted by Gasteiger charge is 2.24. The third-order valence-corrected chi connectivity index (χ3v) is 3.13. The molecule has 0 spiro atoms. The Labute approximate surface area is 89.6 Å². The largest absolute Gasteiger partial charge is 0.465 e. The minimum absolute atomic E-state index is 0.376. The molecule has 5 nitrogen and oxygen atoms in total. The third kappa shape index (κ3) is 2.82. The van der Waals surface area contributed by atoms with Crippen molar-refractivity contribution < 1.29 is 14.6 Å². The van der Waals surface area contributed by atoms with Gasteiger partial charge in [-0.1, -0.05) is 0 Å². The molecule has 2 rings (SSSR count). The Morgan fingerprint density at radius 2 is 2.07 bits per heavy atom. The van der Waals surface area contributed by atoms with Crippen LogP contribution in [0.5, 0.6) is 0 Å². The molecular weight excluding hydrogens is 196 g/mol. The van der Waals surface area contributed by atoms with Crippen molar-refractivity contribution in [2.75, 3.05) is 39.3 Å². The SMILES string of the molecule is O=C(O)N1CCN(CC2CCCO2)CC1. The molecule has 2 saturated heterocycles. The second-order valence-electron chi connectivity index (χ2n) is 4.21. The zero-order chi connectivity index (χ0) is 10.7. The van der Waals surface area contributed by atoms with E-state index in [9.17, 15) is 4.79 Å². The molecule has 0 saturated carbocycles. The highest BCUT2D eigenvalue weighted by Crippen LogP contribution is 2.14. The molecule has 1 N–H and O–H groups in total. The molecule has 0 aliphatic carbocycles. The first kappa shape index (κ1) is 10.7. The first-order valence-electron chi connectivity index (χ1n) is 5.57. The minimum atomic E-state index is -0.799. The van der Waals surface area contributed by atoms with Crippen LogP contribution in [0, 0.1) is 0 Å². The molecule has 1 unspecified atom stereocenters. The Hall–Kier alpha value is -0.810. The first-order valence-corrected chi connectivity index (χ1v) is 5.57. The summed E-state index contributed by atoms with van der Waals surface area (Å²) in [4.78, 5) is 14.5. The van der Waals surface area contributed by atoms with Gasteiger partial charge >= 0.3 is 6.09 Å². The van der Waals surface area contributed by atoms with Gasteiger partial charge in [-0.2, -0.15) is 0 Å². The number of hydrogen-bond acceptors (Lipinski definition) is 3. The summed E-state index contributed by atoms with van der Waals surface area (Å²) in [6, 6.07) is 0. The maximum Gasteiger partial charge on any atom is 0.407 e. The summed E-state index contributed by atoms with van der Waals surface area (Å²) in [6.07, 6.45) is 1.90. The second-order valence-corrected chi connectivity index (χ2v) is 4.21. The lowest BCUT2D eigenvalue weighted by atomic mass is 10.2. The number of carbonyl (C=O) groups is 1. The topological polar surface area (TPSA) is 53.0 Å². The lowest BCUT2D eigenvalue weighted by Gasteiger charge is -2.34. The average molecular weight is 214 g/mol. The van der Waals surface area contributed by atoms with E-state index in [0.29, 0.717) is 19.2 Å². The fraction of sp³-hybridized carbons (Fsp3) is 0.900. The van der Waals surface area contributed by atoms with Crippen molar-refractivity contribution in [1.82, 2.24) is 9.80 Å². The summed E-state index contributed by atoms with van der Waals surface area (Å²) in [5, 5.41) is 8.79. The van der Waals surface area contributed by atoms with Gasteiger partial charge in [0.1, 0.15) is 0 Å². The van der Waals surface area contributed by atoms with Crippen LogP contribution in [0.4, 0.5) is 4.79 Å². The van der Waals surface area contributed by atoms with E-state index in [-0.39, 0.29) is 0 Å². The number of rotatable bonds is 2. The zero-order valence-electron chi connectivity index (χ0n) is 8.89. The molecule has 5 heteroatoms. The van der Waals surface area contributed by atoms with Crippen molar-refractivity contribution in [2.45, 2.75) is 18.9 Å². The van der Waals surface area contributed by atoms with Crippen molar-refractivity contribution in [3.8, 4) is 0 Å². The molecule has 0 bridgehead atoms. The predicted octanol–water partition coefficient (Wildman–Crippen LogP) is 0.461. The quantitative estimate of drug-likeness (QED) is 0.725. The Morgan fingerprint density at radius 3 is 2.60 bits per heavy atom. The first-order chi connectivity index (χ1) is 7.25. The second kappa shape index (κ2) is 4.81. The van der Waals surface area contributed by atoms with Crippen molar-refractivity contribution in [2.24, 2.45) is 0 Å². The Morgan fingerprint density at radius 1 is 1.33 bits per heavy atom. The van der Waals surface area contributed by atoms with E-state index < -0.39 is 6.09 Å². The minimum Gasteiger partial charge on any atom is -0.465 e. The maximum absolute atomic E-state index is 10.7. The van der Waals surface area contributed by atoms with Crippen molar-refractivity contribution in [1.29, 1.82) is 0 Å². The summed E-state index contributed by atoms with van der Waals surface area (Å²) >= 11 is 0. The average Bonchev–Trinajstić information content (AvgIpc) is 2.71. The van der Waals surface area contributed by atoms with E-state index in [4.69, 9.17) is 9.84 Å².